The first-order chi connectivity index (χ1) is 9.00. The van der Waals surface area contributed by atoms with Gasteiger partial charge in [0.15, 0.2) is 0 Å². The van der Waals surface area contributed by atoms with E-state index in [0.717, 1.165) is 12.1 Å². The van der Waals surface area contributed by atoms with E-state index in [9.17, 15) is 13.2 Å². The second kappa shape index (κ2) is 5.06. The van der Waals surface area contributed by atoms with Crippen molar-refractivity contribution in [3.8, 4) is 11.8 Å². The zero-order valence-corrected chi connectivity index (χ0v) is 9.57. The number of furan rings is 1. The lowest BCUT2D eigenvalue weighted by molar-refractivity contribution is -0.139. The predicted molar refractivity (Wildman–Crippen MR) is 59.2 cm³/mol. The van der Waals surface area contributed by atoms with Crippen LogP contribution in [0.15, 0.2) is 41.0 Å². The maximum absolute atomic E-state index is 12.8. The molecule has 1 aromatic carbocycles. The molecule has 98 valence electrons. The van der Waals surface area contributed by atoms with E-state index in [1.54, 1.807) is 18.2 Å². The molecule has 3 nitrogen and oxygen atoms in total. The molecule has 0 aliphatic rings. The third-order valence-corrected chi connectivity index (χ3v) is 2.36. The van der Waals surface area contributed by atoms with Crippen LogP contribution in [0.25, 0.3) is 0 Å². The fraction of sp³-hybridized carbons (Fsp3) is 0.154. The van der Waals surface area contributed by atoms with Gasteiger partial charge in [0.05, 0.1) is 23.5 Å². The molecule has 0 radical (unpaired) electrons. The van der Waals surface area contributed by atoms with Crippen molar-refractivity contribution in [3.63, 3.8) is 0 Å². The molecule has 0 spiro atoms. The summed E-state index contributed by atoms with van der Waals surface area (Å²) in [5.41, 5.74) is -1.05. The molecule has 1 aromatic heterocycles. The van der Waals surface area contributed by atoms with Crippen molar-refractivity contribution in [1.82, 2.24) is 0 Å². The van der Waals surface area contributed by atoms with Crippen LogP contribution in [0.4, 0.5) is 13.2 Å². The third-order valence-electron chi connectivity index (χ3n) is 2.36. The number of hydrogen-bond acceptors (Lipinski definition) is 3. The van der Waals surface area contributed by atoms with E-state index in [1.807, 2.05) is 0 Å². The minimum atomic E-state index is -4.58. The minimum Gasteiger partial charge on any atom is -0.485 e. The molecular formula is C13H8F3NO2. The smallest absolute Gasteiger partial charge is 0.420 e. The van der Waals surface area contributed by atoms with Crippen molar-refractivity contribution >= 4 is 0 Å². The molecule has 0 aliphatic carbocycles. The predicted octanol–water partition coefficient (Wildman–Crippen LogP) is 3.75. The van der Waals surface area contributed by atoms with Gasteiger partial charge >= 0.3 is 6.18 Å². The highest BCUT2D eigenvalue weighted by Gasteiger charge is 2.34. The normalized spacial score (nSPS) is 11.1. The van der Waals surface area contributed by atoms with Crippen molar-refractivity contribution in [2.75, 3.05) is 0 Å². The Hall–Kier alpha value is -2.42. The van der Waals surface area contributed by atoms with Gasteiger partial charge in [0.1, 0.15) is 18.1 Å². The minimum absolute atomic E-state index is 0.0716. The molecule has 0 fully saturated rings. The first kappa shape index (κ1) is 13.0. The molecule has 19 heavy (non-hydrogen) atoms. The number of benzene rings is 1. The molecule has 2 aromatic rings. The number of alkyl halides is 3. The van der Waals surface area contributed by atoms with Crippen LogP contribution in [0.5, 0.6) is 5.75 Å². The maximum atomic E-state index is 12.8. The van der Waals surface area contributed by atoms with Gasteiger partial charge in [0, 0.05) is 0 Å². The van der Waals surface area contributed by atoms with E-state index in [4.69, 9.17) is 14.4 Å². The Labute approximate surface area is 106 Å². The first-order valence-electron chi connectivity index (χ1n) is 5.27. The summed E-state index contributed by atoms with van der Waals surface area (Å²) in [6.45, 7) is -0.109. The monoisotopic (exact) mass is 267 g/mol. The lowest BCUT2D eigenvalue weighted by Crippen LogP contribution is -2.09. The van der Waals surface area contributed by atoms with Crippen LogP contribution in [0.3, 0.4) is 0 Å². The number of halogens is 3. The van der Waals surface area contributed by atoms with Gasteiger partial charge in [0.25, 0.3) is 0 Å². The standard InChI is InChI=1S/C13H8F3NO2/c14-13(15,16)11-6-9(7-17)3-4-12(11)19-8-10-2-1-5-18-10/h1-6H,8H2. The summed E-state index contributed by atoms with van der Waals surface area (Å²) in [6, 6.07) is 8.03. The van der Waals surface area contributed by atoms with Crippen LogP contribution < -0.4 is 4.74 Å². The Morgan fingerprint density at radius 3 is 2.63 bits per heavy atom. The topological polar surface area (TPSA) is 46.2 Å². The number of hydrogen-bond donors (Lipinski definition) is 0. The Kier molecular flexibility index (Phi) is 3.47. The highest BCUT2D eigenvalue weighted by Crippen LogP contribution is 2.37. The Morgan fingerprint density at radius 2 is 2.05 bits per heavy atom. The maximum Gasteiger partial charge on any atom is 0.420 e. The summed E-state index contributed by atoms with van der Waals surface area (Å²) in [7, 11) is 0. The summed E-state index contributed by atoms with van der Waals surface area (Å²) in [5, 5.41) is 8.63. The van der Waals surface area contributed by atoms with Crippen molar-refractivity contribution in [1.29, 1.82) is 5.26 Å². The molecule has 0 amide bonds. The second-order valence-corrected chi connectivity index (χ2v) is 3.69. The summed E-state index contributed by atoms with van der Waals surface area (Å²) >= 11 is 0. The molecule has 0 unspecified atom stereocenters. The molecule has 0 aliphatic heterocycles. The highest BCUT2D eigenvalue weighted by atomic mass is 19.4. The quantitative estimate of drug-likeness (QED) is 0.850. The van der Waals surface area contributed by atoms with Crippen molar-refractivity contribution in [2.24, 2.45) is 0 Å². The van der Waals surface area contributed by atoms with Gasteiger partial charge in [-0.1, -0.05) is 0 Å². The summed E-state index contributed by atoms with van der Waals surface area (Å²) in [4.78, 5) is 0. The molecule has 0 N–H and O–H groups in total. The molecule has 0 atom stereocenters. The van der Waals surface area contributed by atoms with E-state index in [2.05, 4.69) is 0 Å². The van der Waals surface area contributed by atoms with E-state index >= 15 is 0 Å². The Morgan fingerprint density at radius 1 is 1.26 bits per heavy atom. The molecule has 0 saturated heterocycles. The van der Waals surface area contributed by atoms with Crippen molar-refractivity contribution in [2.45, 2.75) is 12.8 Å². The Balaban J connectivity index is 2.27. The average Bonchev–Trinajstić information content (AvgIpc) is 2.88. The van der Waals surface area contributed by atoms with Crippen molar-refractivity contribution in [3.05, 3.63) is 53.5 Å². The fourth-order valence-corrected chi connectivity index (χ4v) is 1.49. The zero-order valence-electron chi connectivity index (χ0n) is 9.57. The van der Waals surface area contributed by atoms with Gasteiger partial charge in [-0.2, -0.15) is 18.4 Å². The fourth-order valence-electron chi connectivity index (χ4n) is 1.49. The number of ether oxygens (including phenoxy) is 1. The second-order valence-electron chi connectivity index (χ2n) is 3.69. The van der Waals surface area contributed by atoms with E-state index in [-0.39, 0.29) is 17.9 Å². The summed E-state index contributed by atoms with van der Waals surface area (Å²) < 4.78 is 48.5. The highest BCUT2D eigenvalue weighted by molar-refractivity contribution is 5.43. The number of nitrogens with zero attached hydrogens (tertiary/aromatic N) is 1. The van der Waals surface area contributed by atoms with Gasteiger partial charge in [-0.15, -0.1) is 0 Å². The zero-order chi connectivity index (χ0) is 13.9. The van der Waals surface area contributed by atoms with Gasteiger partial charge in [0.2, 0.25) is 0 Å². The number of rotatable bonds is 3. The molecule has 0 saturated carbocycles. The van der Waals surface area contributed by atoms with Crippen LogP contribution in [-0.2, 0) is 12.8 Å². The molecule has 0 bridgehead atoms. The average molecular weight is 267 g/mol. The van der Waals surface area contributed by atoms with Gasteiger partial charge in [-0.05, 0) is 30.3 Å². The van der Waals surface area contributed by atoms with Crippen LogP contribution in [-0.4, -0.2) is 0 Å². The molecule has 2 rings (SSSR count). The summed E-state index contributed by atoms with van der Waals surface area (Å²) in [6.07, 6.45) is -3.17. The van der Waals surface area contributed by atoms with Gasteiger partial charge < -0.3 is 9.15 Å². The largest absolute Gasteiger partial charge is 0.485 e. The van der Waals surface area contributed by atoms with E-state index in [0.29, 0.717) is 5.76 Å². The Bertz CT molecular complexity index is 597. The SMILES string of the molecule is N#Cc1ccc(OCc2ccco2)c(C(F)(F)F)c1. The molecular weight excluding hydrogens is 259 g/mol. The number of nitriles is 1. The summed E-state index contributed by atoms with van der Waals surface area (Å²) in [5.74, 6) is 0.0837. The van der Waals surface area contributed by atoms with E-state index in [1.165, 1.54) is 12.3 Å². The van der Waals surface area contributed by atoms with Crippen LogP contribution >= 0.6 is 0 Å². The third kappa shape index (κ3) is 3.07. The van der Waals surface area contributed by atoms with Crippen LogP contribution in [0, 0.1) is 11.3 Å². The van der Waals surface area contributed by atoms with Gasteiger partial charge in [-0.25, -0.2) is 0 Å². The van der Waals surface area contributed by atoms with Gasteiger partial charge in [-0.3, -0.25) is 0 Å². The lowest BCUT2D eigenvalue weighted by Gasteiger charge is -2.13. The lowest BCUT2D eigenvalue weighted by atomic mass is 10.1. The molecule has 1 heterocycles. The van der Waals surface area contributed by atoms with Crippen molar-refractivity contribution < 1.29 is 22.3 Å². The van der Waals surface area contributed by atoms with Crippen LogP contribution in [0.1, 0.15) is 16.9 Å². The van der Waals surface area contributed by atoms with Crippen LogP contribution in [0.2, 0.25) is 0 Å². The van der Waals surface area contributed by atoms with E-state index < -0.39 is 11.7 Å². The first-order valence-corrected chi connectivity index (χ1v) is 5.27. The molecule has 6 heteroatoms.